The van der Waals surface area contributed by atoms with Gasteiger partial charge in [0.15, 0.2) is 0 Å². The summed E-state index contributed by atoms with van der Waals surface area (Å²) in [6.07, 6.45) is 0. The predicted octanol–water partition coefficient (Wildman–Crippen LogP) is 13.7. The van der Waals surface area contributed by atoms with E-state index in [1.54, 1.807) is 0 Å². The second-order valence-corrected chi connectivity index (χ2v) is 28.1. The molecule has 9 aromatic rings. The Hall–Kier alpha value is -4.53. The average molecular weight is 1090 g/mol. The summed E-state index contributed by atoms with van der Waals surface area (Å²) in [6.45, 7) is 19.3. The van der Waals surface area contributed by atoms with Crippen LogP contribution in [0.25, 0.3) is 0 Å². The fourth-order valence-electron chi connectivity index (χ4n) is 7.98. The van der Waals surface area contributed by atoms with Crippen molar-refractivity contribution < 1.29 is 15.1 Å². The Morgan fingerprint density at radius 3 is 0.333 bits per heavy atom. The third-order valence-corrected chi connectivity index (χ3v) is 20.3. The van der Waals surface area contributed by atoms with Crippen molar-refractivity contribution in [1.82, 2.24) is 0 Å². The van der Waals surface area contributed by atoms with Crippen molar-refractivity contribution in [3.05, 3.63) is 268 Å². The maximum absolute atomic E-state index is 4.85. The molecule has 0 fully saturated rings. The van der Waals surface area contributed by atoms with Crippen LogP contribution in [0.4, 0.5) is 0 Å². The molecule has 0 radical (unpaired) electrons. The number of benzene rings is 9. The van der Waals surface area contributed by atoms with Crippen molar-refractivity contribution in [3.63, 3.8) is 0 Å². The van der Waals surface area contributed by atoms with E-state index < -0.39 is 23.8 Å². The Kier molecular flexibility index (Phi) is 21.2. The summed E-state index contributed by atoms with van der Waals surface area (Å²) in [5.74, 6) is 0. The van der Waals surface area contributed by atoms with Crippen LogP contribution < -0.4 is 47.7 Å². The molecule has 0 amide bonds. The molecule has 0 aliphatic carbocycles. The summed E-state index contributed by atoms with van der Waals surface area (Å²) in [7, 11) is 6.93. The van der Waals surface area contributed by atoms with E-state index >= 15 is 0 Å². The van der Waals surface area contributed by atoms with Gasteiger partial charge in [0.1, 0.15) is 47.7 Å². The van der Waals surface area contributed by atoms with Crippen LogP contribution in [0, 0.1) is 62.3 Å². The van der Waals surface area contributed by atoms with E-state index in [0.717, 1.165) is 0 Å². The molecule has 352 valence electrons. The van der Waals surface area contributed by atoms with Crippen LogP contribution in [0.5, 0.6) is 0 Å². The van der Waals surface area contributed by atoms with Crippen LogP contribution in [0.2, 0.25) is 0 Å². The van der Waals surface area contributed by atoms with Gasteiger partial charge in [0, 0.05) is 0 Å². The molecule has 0 nitrogen and oxygen atoms in total. The number of hydrogen-bond donors (Lipinski definition) is 0. The first-order valence-corrected chi connectivity index (χ1v) is 32.4. The molecule has 0 aliphatic rings. The molecule has 9 rings (SSSR count). The fourth-order valence-corrected chi connectivity index (χ4v) is 15.5. The molecule has 0 spiro atoms. The zero-order valence-corrected chi connectivity index (χ0v) is 47.6. The Morgan fingerprint density at radius 2 is 0.261 bits per heavy atom. The summed E-state index contributed by atoms with van der Waals surface area (Å²) in [5, 5.41) is 13.0. The van der Waals surface area contributed by atoms with Crippen molar-refractivity contribution in [3.8, 4) is 0 Å². The Morgan fingerprint density at radius 1 is 0.188 bits per heavy atom. The molecule has 0 bridgehead atoms. The second-order valence-electron chi connectivity index (χ2n) is 18.0. The topological polar surface area (TPSA) is 0 Å². The van der Waals surface area contributed by atoms with Crippen LogP contribution in [0.3, 0.4) is 0 Å². The van der Waals surface area contributed by atoms with Gasteiger partial charge in [-0.3, -0.25) is 0 Å². The Labute approximate surface area is 433 Å². The third kappa shape index (κ3) is 16.3. The van der Waals surface area contributed by atoms with Crippen molar-refractivity contribution >= 4 is 90.9 Å². The molecule has 69 heavy (non-hydrogen) atoms. The molecule has 0 atom stereocenters. The standard InChI is InChI=1S/3C21H21P.2ClH.Ru/c3*1-16-4-10-19(11-5-16)22(20-12-6-17(2)7-13-20)21-14-8-18(3)9-15-21;;;/h3*4-15H,1-3H3;2*1H;/q;;;;;+2/p+1. The molecular weight excluding hydrogens is 1020 g/mol. The van der Waals surface area contributed by atoms with Gasteiger partial charge in [-0.05, 0) is 172 Å². The van der Waals surface area contributed by atoms with Crippen LogP contribution in [-0.4, -0.2) is 0 Å². The molecule has 0 saturated carbocycles. The van der Waals surface area contributed by atoms with Gasteiger partial charge in [-0.15, -0.1) is 0 Å². The summed E-state index contributed by atoms with van der Waals surface area (Å²) < 4.78 is 0. The summed E-state index contributed by atoms with van der Waals surface area (Å²) in [5.41, 5.74) is 11.9. The maximum atomic E-state index is 4.85. The molecule has 0 unspecified atom stereocenters. The fraction of sp³-hybridized carbons (Fsp3) is 0.143. The van der Waals surface area contributed by atoms with E-state index in [-0.39, 0.29) is 15.1 Å². The molecule has 0 aromatic heterocycles. The van der Waals surface area contributed by atoms with Gasteiger partial charge in [0.05, 0.1) is 23.8 Å². The van der Waals surface area contributed by atoms with Gasteiger partial charge in [0.25, 0.3) is 0 Å². The number of aryl methyl sites for hydroxylation is 9. The zero-order chi connectivity index (χ0) is 49.3. The van der Waals surface area contributed by atoms with E-state index in [0.29, 0.717) is 0 Å². The van der Waals surface area contributed by atoms with E-state index in [2.05, 4.69) is 281 Å². The second kappa shape index (κ2) is 27.2. The first-order valence-electron chi connectivity index (χ1n) is 23.4. The molecule has 9 aromatic carbocycles. The van der Waals surface area contributed by atoms with Gasteiger partial charge in [-0.2, -0.15) is 0 Å². The quantitative estimate of drug-likeness (QED) is 0.0998. The van der Waals surface area contributed by atoms with Crippen LogP contribution in [0.1, 0.15) is 50.1 Å². The van der Waals surface area contributed by atoms with Crippen molar-refractivity contribution in [2.75, 3.05) is 0 Å². The van der Waals surface area contributed by atoms with Crippen molar-refractivity contribution in [1.29, 1.82) is 0 Å². The zero-order valence-electron chi connectivity index (χ0n) is 41.4. The first kappa shape index (κ1) is 53.8. The van der Waals surface area contributed by atoms with Crippen molar-refractivity contribution in [2.24, 2.45) is 0 Å². The van der Waals surface area contributed by atoms with Gasteiger partial charge in [0.2, 0.25) is 0 Å². The molecule has 0 heterocycles. The number of halogens is 2. The van der Waals surface area contributed by atoms with Gasteiger partial charge in [-0.25, -0.2) is 0 Å². The van der Waals surface area contributed by atoms with Gasteiger partial charge in [-0.1, -0.05) is 159 Å². The third-order valence-electron chi connectivity index (χ3n) is 12.1. The van der Waals surface area contributed by atoms with Crippen molar-refractivity contribution in [2.45, 2.75) is 62.3 Å². The van der Waals surface area contributed by atoms with Crippen LogP contribution in [-0.2, 0) is 15.1 Å². The van der Waals surface area contributed by atoms with E-state index in [1.165, 1.54) is 97.8 Å². The van der Waals surface area contributed by atoms with Gasteiger partial charge >= 0.3 is 34.5 Å². The minimum absolute atomic E-state index is 0.346. The number of hydrogen-bond acceptors (Lipinski definition) is 0. The summed E-state index contributed by atoms with van der Waals surface area (Å²) >= 11 is -0.346. The van der Waals surface area contributed by atoms with E-state index in [1.807, 2.05) is 0 Å². The molecule has 6 heteroatoms. The monoisotopic (exact) mass is 1090 g/mol. The number of rotatable bonds is 9. The summed E-state index contributed by atoms with van der Waals surface area (Å²) in [4.78, 5) is 0. The molecule has 0 aliphatic heterocycles. The minimum atomic E-state index is -0.927. The normalized spacial score (nSPS) is 10.8. The van der Waals surface area contributed by atoms with E-state index in [9.17, 15) is 0 Å². The van der Waals surface area contributed by atoms with E-state index in [4.69, 9.17) is 19.4 Å². The van der Waals surface area contributed by atoms with Gasteiger partial charge < -0.3 is 0 Å². The molecular formula is C63H66Cl2P3Ru+3. The first-order chi connectivity index (χ1) is 33.3. The Bertz CT molecular complexity index is 2250. The SMILES string of the molecule is Cc1ccc([PH+](c2ccc(C)cc2)c2ccc(C)cc2)cc1.Cc1ccc([PH+](c2ccc(C)cc2)c2ccc(C)cc2)cc1.Cc1ccc([PH+](c2ccc(C)cc2)c2ccc(C)cc2)cc1.[Cl][Ru][Cl]. The predicted molar refractivity (Wildman–Crippen MR) is 314 cm³/mol. The van der Waals surface area contributed by atoms with Crippen LogP contribution in [0.15, 0.2) is 218 Å². The average Bonchev–Trinajstić information content (AvgIpc) is 3.35. The van der Waals surface area contributed by atoms with Crippen LogP contribution >= 0.6 is 43.1 Å². The Balaban J connectivity index is 0.000000165. The molecule has 0 N–H and O–H groups in total. The molecule has 0 saturated heterocycles. The summed E-state index contributed by atoms with van der Waals surface area (Å²) in [6, 6.07) is 81.4.